The Morgan fingerprint density at radius 2 is 1.60 bits per heavy atom. The minimum atomic E-state index is -3.80. The zero-order chi connectivity index (χ0) is 24.4. The number of hydrogen-bond acceptors (Lipinski definition) is 5. The van der Waals surface area contributed by atoms with E-state index in [9.17, 15) is 13.2 Å². The van der Waals surface area contributed by atoms with Gasteiger partial charge in [0.1, 0.15) is 16.9 Å². The first kappa shape index (κ1) is 22.5. The molecule has 7 nitrogen and oxygen atoms in total. The largest absolute Gasteiger partial charge is 0.484 e. The molecule has 5 rings (SSSR count). The van der Waals surface area contributed by atoms with Gasteiger partial charge in [0, 0.05) is 23.5 Å². The van der Waals surface area contributed by atoms with Gasteiger partial charge in [-0.2, -0.15) is 0 Å². The molecule has 8 heteroatoms. The molecule has 35 heavy (non-hydrogen) atoms. The third kappa shape index (κ3) is 4.56. The zero-order valence-corrected chi connectivity index (χ0v) is 19.7. The number of carbonyl (C=O) groups excluding carboxylic acids is 1. The van der Waals surface area contributed by atoms with Crippen LogP contribution < -0.4 is 14.4 Å². The number of furan rings is 1. The Hall–Kier alpha value is -4.30. The first-order chi connectivity index (χ1) is 16.9. The van der Waals surface area contributed by atoms with Gasteiger partial charge < -0.3 is 14.5 Å². The SMILES string of the molecule is CN(c1ccccc1)S(=O)(=O)c1cccc(NC(=O)COc2ccc3oc4ccccc4c3c2)c1. The van der Waals surface area contributed by atoms with E-state index in [4.69, 9.17) is 9.15 Å². The van der Waals surface area contributed by atoms with Gasteiger partial charge in [-0.3, -0.25) is 9.10 Å². The molecule has 0 saturated carbocycles. The number of anilines is 2. The summed E-state index contributed by atoms with van der Waals surface area (Å²) in [4.78, 5) is 12.6. The van der Waals surface area contributed by atoms with Crippen LogP contribution in [0.25, 0.3) is 21.9 Å². The predicted octanol–water partition coefficient (Wildman–Crippen LogP) is 5.43. The van der Waals surface area contributed by atoms with Crippen LogP contribution in [0.2, 0.25) is 0 Å². The van der Waals surface area contributed by atoms with Crippen LogP contribution in [0.3, 0.4) is 0 Å². The van der Waals surface area contributed by atoms with Gasteiger partial charge in [0.2, 0.25) is 0 Å². The average molecular weight is 487 g/mol. The maximum atomic E-state index is 13.0. The van der Waals surface area contributed by atoms with Gasteiger partial charge in [-0.25, -0.2) is 8.42 Å². The molecule has 4 aromatic carbocycles. The second-order valence-electron chi connectivity index (χ2n) is 7.93. The molecule has 0 bridgehead atoms. The monoisotopic (exact) mass is 486 g/mol. The quantitative estimate of drug-likeness (QED) is 0.331. The molecule has 0 atom stereocenters. The van der Waals surface area contributed by atoms with Crippen LogP contribution in [0.1, 0.15) is 0 Å². The van der Waals surface area contributed by atoms with E-state index in [1.54, 1.807) is 48.5 Å². The number of amides is 1. The van der Waals surface area contributed by atoms with Crippen molar-refractivity contribution in [3.8, 4) is 5.75 Å². The number of sulfonamides is 1. The summed E-state index contributed by atoms with van der Waals surface area (Å²) in [6.45, 7) is -0.234. The van der Waals surface area contributed by atoms with E-state index < -0.39 is 15.9 Å². The van der Waals surface area contributed by atoms with Crippen LogP contribution in [-0.2, 0) is 14.8 Å². The normalized spacial score (nSPS) is 11.5. The second kappa shape index (κ2) is 9.15. The molecule has 1 amide bonds. The first-order valence-corrected chi connectivity index (χ1v) is 12.3. The van der Waals surface area contributed by atoms with Crippen LogP contribution in [0.4, 0.5) is 11.4 Å². The third-order valence-corrected chi connectivity index (χ3v) is 7.40. The maximum absolute atomic E-state index is 13.0. The van der Waals surface area contributed by atoms with E-state index in [-0.39, 0.29) is 11.5 Å². The fourth-order valence-electron chi connectivity index (χ4n) is 3.81. The molecular formula is C27H22N2O5S. The van der Waals surface area contributed by atoms with Gasteiger partial charge in [-0.1, -0.05) is 42.5 Å². The molecular weight excluding hydrogens is 464 g/mol. The second-order valence-corrected chi connectivity index (χ2v) is 9.90. The summed E-state index contributed by atoms with van der Waals surface area (Å²) < 4.78 is 38.8. The molecule has 5 aromatic rings. The zero-order valence-electron chi connectivity index (χ0n) is 18.8. The standard InChI is InChI=1S/C27H22N2O5S/c1-29(20-9-3-2-4-10-20)35(31,32)22-11-7-8-19(16-22)28-27(30)18-33-21-14-15-26-24(17-21)23-12-5-6-13-25(23)34-26/h2-17H,18H2,1H3,(H,28,30). The molecule has 0 aliphatic heterocycles. The summed E-state index contributed by atoms with van der Waals surface area (Å²) in [7, 11) is -2.31. The van der Waals surface area contributed by atoms with E-state index in [1.165, 1.54) is 23.5 Å². The summed E-state index contributed by atoms with van der Waals surface area (Å²) in [6.07, 6.45) is 0. The minimum absolute atomic E-state index is 0.0693. The van der Waals surface area contributed by atoms with Crippen molar-refractivity contribution in [1.82, 2.24) is 0 Å². The number of carbonyl (C=O) groups is 1. The molecule has 1 aromatic heterocycles. The highest BCUT2D eigenvalue weighted by atomic mass is 32.2. The van der Waals surface area contributed by atoms with Crippen molar-refractivity contribution in [2.45, 2.75) is 4.90 Å². The average Bonchev–Trinajstić information content (AvgIpc) is 3.25. The van der Waals surface area contributed by atoms with Crippen molar-refractivity contribution in [3.05, 3.63) is 97.1 Å². The first-order valence-electron chi connectivity index (χ1n) is 10.9. The number of rotatable bonds is 7. The highest BCUT2D eigenvalue weighted by Gasteiger charge is 2.21. The molecule has 1 N–H and O–H groups in total. The van der Waals surface area contributed by atoms with Gasteiger partial charge in [-0.15, -0.1) is 0 Å². The third-order valence-electron chi connectivity index (χ3n) is 5.61. The number of nitrogens with one attached hydrogen (secondary N) is 1. The smallest absolute Gasteiger partial charge is 0.264 e. The predicted molar refractivity (Wildman–Crippen MR) is 136 cm³/mol. The Morgan fingerprint density at radius 3 is 2.43 bits per heavy atom. The number of hydrogen-bond donors (Lipinski definition) is 1. The van der Waals surface area contributed by atoms with E-state index >= 15 is 0 Å². The number of benzene rings is 4. The lowest BCUT2D eigenvalue weighted by Gasteiger charge is -2.19. The van der Waals surface area contributed by atoms with E-state index in [1.807, 2.05) is 36.4 Å². The molecule has 0 aliphatic carbocycles. The number of nitrogens with zero attached hydrogens (tertiary/aromatic N) is 1. The Labute approximate surface area is 202 Å². The van der Waals surface area contributed by atoms with Crippen molar-refractivity contribution in [1.29, 1.82) is 0 Å². The van der Waals surface area contributed by atoms with Gasteiger partial charge in [0.05, 0.1) is 10.6 Å². The Morgan fingerprint density at radius 1 is 0.857 bits per heavy atom. The summed E-state index contributed by atoms with van der Waals surface area (Å²) in [6, 6.07) is 28.0. The molecule has 0 fully saturated rings. The molecule has 0 saturated heterocycles. The van der Waals surface area contributed by atoms with Crippen molar-refractivity contribution in [2.24, 2.45) is 0 Å². The molecule has 0 unspecified atom stereocenters. The molecule has 0 spiro atoms. The van der Waals surface area contributed by atoms with Crippen LogP contribution in [0.5, 0.6) is 5.75 Å². The summed E-state index contributed by atoms with van der Waals surface area (Å²) >= 11 is 0. The molecule has 1 heterocycles. The van der Waals surface area contributed by atoms with Crippen molar-refractivity contribution in [2.75, 3.05) is 23.3 Å². The van der Waals surface area contributed by atoms with Gasteiger partial charge in [-0.05, 0) is 54.6 Å². The topological polar surface area (TPSA) is 88.9 Å². The van der Waals surface area contributed by atoms with E-state index in [0.717, 1.165) is 21.9 Å². The van der Waals surface area contributed by atoms with E-state index in [2.05, 4.69) is 5.32 Å². The van der Waals surface area contributed by atoms with Crippen molar-refractivity contribution in [3.63, 3.8) is 0 Å². The number of ether oxygens (including phenoxy) is 1. The highest BCUT2D eigenvalue weighted by Crippen LogP contribution is 2.31. The minimum Gasteiger partial charge on any atom is -0.484 e. The van der Waals surface area contributed by atoms with Crippen LogP contribution in [-0.4, -0.2) is 28.0 Å². The lowest BCUT2D eigenvalue weighted by atomic mass is 10.1. The van der Waals surface area contributed by atoms with Gasteiger partial charge in [0.25, 0.3) is 15.9 Å². The fraction of sp³-hybridized carbons (Fsp3) is 0.0741. The molecule has 0 aliphatic rings. The summed E-state index contributed by atoms with van der Waals surface area (Å²) in [5.74, 6) is 0.119. The Balaban J connectivity index is 1.27. The highest BCUT2D eigenvalue weighted by molar-refractivity contribution is 7.92. The Kier molecular flexibility index (Phi) is 5.88. The van der Waals surface area contributed by atoms with Crippen LogP contribution in [0.15, 0.2) is 106 Å². The lowest BCUT2D eigenvalue weighted by Crippen LogP contribution is -2.26. The Bertz CT molecular complexity index is 1630. The molecule has 0 radical (unpaired) electrons. The number of fused-ring (bicyclic) bond motifs is 3. The van der Waals surface area contributed by atoms with Gasteiger partial charge in [0.15, 0.2) is 6.61 Å². The summed E-state index contributed by atoms with van der Waals surface area (Å²) in [5, 5.41) is 4.57. The lowest BCUT2D eigenvalue weighted by molar-refractivity contribution is -0.118. The fourth-order valence-corrected chi connectivity index (χ4v) is 5.05. The van der Waals surface area contributed by atoms with Gasteiger partial charge >= 0.3 is 0 Å². The maximum Gasteiger partial charge on any atom is 0.264 e. The number of para-hydroxylation sites is 2. The van der Waals surface area contributed by atoms with E-state index in [0.29, 0.717) is 17.1 Å². The van der Waals surface area contributed by atoms with Crippen molar-refractivity contribution < 1.29 is 22.4 Å². The van der Waals surface area contributed by atoms with Crippen LogP contribution in [0, 0.1) is 0 Å². The summed E-state index contributed by atoms with van der Waals surface area (Å²) in [5.41, 5.74) is 2.42. The van der Waals surface area contributed by atoms with Crippen molar-refractivity contribution >= 4 is 49.2 Å². The molecule has 176 valence electrons. The van der Waals surface area contributed by atoms with Crippen LogP contribution >= 0.6 is 0 Å².